The molecule has 2 heterocycles. The van der Waals surface area contributed by atoms with Crippen LogP contribution in [0.15, 0.2) is 48.7 Å². The predicted molar refractivity (Wildman–Crippen MR) is 146 cm³/mol. The average molecular weight is 507 g/mol. The lowest BCUT2D eigenvalue weighted by Gasteiger charge is -2.17. The van der Waals surface area contributed by atoms with E-state index in [9.17, 15) is 9.59 Å². The van der Waals surface area contributed by atoms with E-state index in [4.69, 9.17) is 9.72 Å². The number of fused-ring (bicyclic) bond motifs is 3. The molecule has 0 bridgehead atoms. The molecular weight excluding hydrogens is 472 g/mol. The molecule has 190 valence electrons. The van der Waals surface area contributed by atoms with Gasteiger partial charge in [-0.1, -0.05) is 37.3 Å². The number of carbonyl (C=O) groups is 2. The zero-order chi connectivity index (χ0) is 25.5. The maximum absolute atomic E-state index is 12.7. The average Bonchev–Trinajstić information content (AvgIpc) is 3.46. The first-order valence-electron chi connectivity index (χ1n) is 12.6. The highest BCUT2D eigenvalue weighted by Crippen LogP contribution is 2.30. The van der Waals surface area contributed by atoms with Gasteiger partial charge in [0.25, 0.3) is 5.91 Å². The quantitative estimate of drug-likeness (QED) is 0.197. The molecule has 1 amide bonds. The van der Waals surface area contributed by atoms with Gasteiger partial charge in [0.05, 0.1) is 22.5 Å². The Kier molecular flexibility index (Phi) is 8.85. The number of aromatic nitrogens is 2. The SMILES string of the molecule is CCN(CC)CCCCC(=O)c1ccc2c(c1)sc1nc(-c3ccc(C(=O)NCCOC)cc3)cn12. The Bertz CT molecular complexity index is 1320. The molecule has 0 saturated carbocycles. The largest absolute Gasteiger partial charge is 0.383 e. The summed E-state index contributed by atoms with van der Waals surface area (Å²) in [6, 6.07) is 13.4. The second-order valence-corrected chi connectivity index (χ2v) is 9.81. The third-order valence-corrected chi connectivity index (χ3v) is 7.49. The predicted octanol–water partition coefficient (Wildman–Crippen LogP) is 5.29. The number of ether oxygens (including phenoxy) is 1. The lowest BCUT2D eigenvalue weighted by molar-refractivity contribution is 0.0935. The van der Waals surface area contributed by atoms with Crippen LogP contribution in [0.2, 0.25) is 0 Å². The molecular formula is C28H34N4O3S. The number of hydrogen-bond acceptors (Lipinski definition) is 6. The van der Waals surface area contributed by atoms with Gasteiger partial charge in [-0.2, -0.15) is 0 Å². The van der Waals surface area contributed by atoms with Gasteiger partial charge in [0.1, 0.15) is 0 Å². The van der Waals surface area contributed by atoms with Gasteiger partial charge in [-0.15, -0.1) is 0 Å². The second-order valence-electron chi connectivity index (χ2n) is 8.80. The topological polar surface area (TPSA) is 75.9 Å². The van der Waals surface area contributed by atoms with Crippen molar-refractivity contribution in [2.45, 2.75) is 33.1 Å². The highest BCUT2D eigenvalue weighted by atomic mass is 32.1. The van der Waals surface area contributed by atoms with Crippen LogP contribution in [0.4, 0.5) is 0 Å². The number of thiazole rings is 1. The molecule has 0 unspecified atom stereocenters. The molecule has 0 fully saturated rings. The van der Waals surface area contributed by atoms with Crippen LogP contribution in [0.5, 0.6) is 0 Å². The minimum absolute atomic E-state index is 0.121. The Labute approximate surface area is 216 Å². The van der Waals surface area contributed by atoms with E-state index in [1.807, 2.05) is 48.7 Å². The van der Waals surface area contributed by atoms with E-state index in [1.54, 1.807) is 18.4 Å². The number of imidazole rings is 1. The molecule has 0 aliphatic rings. The summed E-state index contributed by atoms with van der Waals surface area (Å²) in [4.78, 5) is 33.0. The molecule has 0 radical (unpaired) electrons. The van der Waals surface area contributed by atoms with Crippen LogP contribution >= 0.6 is 11.3 Å². The number of methoxy groups -OCH3 is 1. The third kappa shape index (κ3) is 6.00. The summed E-state index contributed by atoms with van der Waals surface area (Å²) in [5.74, 6) is 0.0826. The first-order valence-corrected chi connectivity index (χ1v) is 13.4. The molecule has 0 saturated heterocycles. The molecule has 4 rings (SSSR count). The number of unbranched alkanes of at least 4 members (excludes halogenated alkanes) is 1. The van der Waals surface area contributed by atoms with E-state index in [-0.39, 0.29) is 11.7 Å². The Morgan fingerprint density at radius 1 is 1.06 bits per heavy atom. The fraction of sp³-hybridized carbons (Fsp3) is 0.393. The molecule has 7 nitrogen and oxygen atoms in total. The van der Waals surface area contributed by atoms with Gasteiger partial charge < -0.3 is 15.0 Å². The first kappa shape index (κ1) is 26.0. The van der Waals surface area contributed by atoms with Gasteiger partial charge >= 0.3 is 0 Å². The minimum atomic E-state index is -0.121. The van der Waals surface area contributed by atoms with Gasteiger partial charge in [-0.3, -0.25) is 14.0 Å². The number of amides is 1. The van der Waals surface area contributed by atoms with Crippen LogP contribution in [0, 0.1) is 0 Å². The number of benzene rings is 2. The van der Waals surface area contributed by atoms with E-state index in [1.165, 1.54) is 0 Å². The van der Waals surface area contributed by atoms with Gasteiger partial charge in [0, 0.05) is 43.0 Å². The maximum atomic E-state index is 12.7. The molecule has 2 aromatic heterocycles. The molecule has 1 N–H and O–H groups in total. The smallest absolute Gasteiger partial charge is 0.251 e. The van der Waals surface area contributed by atoms with Gasteiger partial charge in [0.15, 0.2) is 10.7 Å². The van der Waals surface area contributed by atoms with Crippen molar-refractivity contribution in [3.8, 4) is 11.3 Å². The second kappa shape index (κ2) is 12.3. The van der Waals surface area contributed by atoms with Crippen molar-refractivity contribution < 1.29 is 14.3 Å². The van der Waals surface area contributed by atoms with Crippen molar-refractivity contribution >= 4 is 38.2 Å². The number of nitrogens with zero attached hydrogens (tertiary/aromatic N) is 3. The fourth-order valence-electron chi connectivity index (χ4n) is 4.28. The summed E-state index contributed by atoms with van der Waals surface area (Å²) in [6.45, 7) is 8.47. The summed E-state index contributed by atoms with van der Waals surface area (Å²) in [6.07, 6.45) is 4.55. The lowest BCUT2D eigenvalue weighted by atomic mass is 10.1. The Morgan fingerprint density at radius 2 is 1.81 bits per heavy atom. The number of hydrogen-bond donors (Lipinski definition) is 1. The third-order valence-electron chi connectivity index (χ3n) is 6.47. The number of ketones is 1. The summed E-state index contributed by atoms with van der Waals surface area (Å²) in [7, 11) is 1.61. The molecule has 0 atom stereocenters. The van der Waals surface area contributed by atoms with Crippen LogP contribution < -0.4 is 5.32 Å². The summed E-state index contributed by atoms with van der Waals surface area (Å²) in [5, 5.41) is 2.82. The van der Waals surface area contributed by atoms with Crippen molar-refractivity contribution in [3.05, 3.63) is 59.8 Å². The first-order chi connectivity index (χ1) is 17.5. The zero-order valence-electron chi connectivity index (χ0n) is 21.3. The molecule has 0 aliphatic carbocycles. The van der Waals surface area contributed by atoms with Crippen molar-refractivity contribution in [1.29, 1.82) is 0 Å². The van der Waals surface area contributed by atoms with Crippen LogP contribution in [0.25, 0.3) is 26.4 Å². The molecule has 8 heteroatoms. The highest BCUT2D eigenvalue weighted by molar-refractivity contribution is 7.23. The molecule has 2 aromatic carbocycles. The monoisotopic (exact) mass is 506 g/mol. The molecule has 4 aromatic rings. The number of rotatable bonds is 13. The highest BCUT2D eigenvalue weighted by Gasteiger charge is 2.14. The van der Waals surface area contributed by atoms with E-state index in [2.05, 4.69) is 28.5 Å². The zero-order valence-corrected chi connectivity index (χ0v) is 22.1. The van der Waals surface area contributed by atoms with E-state index >= 15 is 0 Å². The Balaban J connectivity index is 1.42. The Hall–Kier alpha value is -3.07. The van der Waals surface area contributed by atoms with Gasteiger partial charge in [-0.05, 0) is 62.8 Å². The molecule has 0 spiro atoms. The van der Waals surface area contributed by atoms with Crippen molar-refractivity contribution in [2.24, 2.45) is 0 Å². The number of nitrogens with one attached hydrogen (secondary N) is 1. The standard InChI is InChI=1S/C28H34N4O3S/c1-4-31(5-2)16-7-6-8-25(33)22-13-14-24-26(18-22)36-28-30-23(19-32(24)28)20-9-11-21(12-10-20)27(34)29-15-17-35-3/h9-14,18-19H,4-8,15-17H2,1-3H3,(H,29,34). The van der Waals surface area contributed by atoms with Crippen molar-refractivity contribution in [1.82, 2.24) is 19.6 Å². The summed E-state index contributed by atoms with van der Waals surface area (Å²) in [5.41, 5.74) is 4.22. The maximum Gasteiger partial charge on any atom is 0.251 e. The van der Waals surface area contributed by atoms with Crippen LogP contribution in [-0.4, -0.2) is 65.9 Å². The van der Waals surface area contributed by atoms with Crippen LogP contribution in [-0.2, 0) is 4.74 Å². The number of Topliss-reactive ketones (excluding diaryl/α,β-unsaturated/α-hetero) is 1. The van der Waals surface area contributed by atoms with E-state index in [0.29, 0.717) is 25.1 Å². The normalized spacial score (nSPS) is 11.6. The van der Waals surface area contributed by atoms with Crippen LogP contribution in [0.3, 0.4) is 0 Å². The molecule has 0 aliphatic heterocycles. The summed E-state index contributed by atoms with van der Waals surface area (Å²) < 4.78 is 8.09. The van der Waals surface area contributed by atoms with Crippen molar-refractivity contribution in [3.63, 3.8) is 0 Å². The van der Waals surface area contributed by atoms with Gasteiger partial charge in [-0.25, -0.2) is 4.98 Å². The van der Waals surface area contributed by atoms with Crippen LogP contribution in [0.1, 0.15) is 53.8 Å². The van der Waals surface area contributed by atoms with Crippen molar-refractivity contribution in [2.75, 3.05) is 39.9 Å². The Morgan fingerprint density at radius 3 is 2.53 bits per heavy atom. The number of carbonyl (C=O) groups excluding carboxylic acids is 2. The minimum Gasteiger partial charge on any atom is -0.383 e. The summed E-state index contributed by atoms with van der Waals surface area (Å²) >= 11 is 1.58. The van der Waals surface area contributed by atoms with E-state index in [0.717, 1.165) is 64.5 Å². The molecule has 36 heavy (non-hydrogen) atoms. The lowest BCUT2D eigenvalue weighted by Crippen LogP contribution is -2.26. The fourth-order valence-corrected chi connectivity index (χ4v) is 5.33. The van der Waals surface area contributed by atoms with E-state index < -0.39 is 0 Å². The van der Waals surface area contributed by atoms with Gasteiger partial charge in [0.2, 0.25) is 0 Å².